The molecular weight excluding hydrogens is 466 g/mol. The van der Waals surface area contributed by atoms with Crippen LogP contribution >= 0.6 is 11.6 Å². The molecule has 2 aromatic heterocycles. The van der Waals surface area contributed by atoms with Gasteiger partial charge in [-0.2, -0.15) is 0 Å². The highest BCUT2D eigenvalue weighted by atomic mass is 35.5. The van der Waals surface area contributed by atoms with E-state index in [0.717, 1.165) is 50.1 Å². The fraction of sp³-hybridized carbons (Fsp3) is 0.129. The maximum Gasteiger partial charge on any atom is 0.225 e. The summed E-state index contributed by atoms with van der Waals surface area (Å²) in [7, 11) is 0. The molecule has 0 aliphatic heterocycles. The molecule has 36 heavy (non-hydrogen) atoms. The molecule has 4 nitrogen and oxygen atoms in total. The van der Waals surface area contributed by atoms with E-state index in [-0.39, 0.29) is 18.4 Å². The van der Waals surface area contributed by atoms with Gasteiger partial charge in [0.25, 0.3) is 0 Å². The Morgan fingerprint density at radius 3 is 2.53 bits per heavy atom. The Hall–Kier alpha value is -4.02. The second-order valence-corrected chi connectivity index (χ2v) is 9.39. The quantitative estimate of drug-likeness (QED) is 0.278. The monoisotopic (exact) mass is 491 g/mol. The van der Waals surface area contributed by atoms with Crippen LogP contribution in [0.5, 0.6) is 0 Å². The molecule has 5 rings (SSSR count). The molecule has 1 unspecified atom stereocenters. The normalized spacial score (nSPS) is 11.9. The number of nitrogens with one attached hydrogen (secondary N) is 1. The molecule has 0 fully saturated rings. The van der Waals surface area contributed by atoms with Crippen molar-refractivity contribution in [2.45, 2.75) is 26.3 Å². The van der Waals surface area contributed by atoms with Gasteiger partial charge in [-0.05, 0) is 78.6 Å². The van der Waals surface area contributed by atoms with Crippen molar-refractivity contribution in [3.8, 4) is 11.3 Å². The molecule has 0 aliphatic carbocycles. The largest absolute Gasteiger partial charge is 0.345 e. The van der Waals surface area contributed by atoms with Crippen LogP contribution in [0.1, 0.15) is 34.0 Å². The average molecular weight is 492 g/mol. The molecule has 0 radical (unpaired) electrons. The molecule has 0 spiro atoms. The number of carbonyl (C=O) groups excluding carboxylic acids is 1. The van der Waals surface area contributed by atoms with Crippen LogP contribution in [0.15, 0.2) is 97.2 Å². The number of fused-ring (bicyclic) bond motifs is 1. The van der Waals surface area contributed by atoms with Gasteiger partial charge in [-0.15, -0.1) is 0 Å². The van der Waals surface area contributed by atoms with Gasteiger partial charge in [0.05, 0.1) is 23.7 Å². The number of aromatic nitrogens is 2. The smallest absolute Gasteiger partial charge is 0.225 e. The molecule has 1 atom stereocenters. The number of amides is 1. The van der Waals surface area contributed by atoms with Crippen LogP contribution in [0.25, 0.3) is 22.2 Å². The van der Waals surface area contributed by atoms with E-state index in [0.29, 0.717) is 5.02 Å². The molecule has 1 N–H and O–H groups in total. The van der Waals surface area contributed by atoms with Gasteiger partial charge in [-0.25, -0.2) is 4.98 Å². The summed E-state index contributed by atoms with van der Waals surface area (Å²) < 4.78 is 0. The van der Waals surface area contributed by atoms with E-state index in [1.165, 1.54) is 0 Å². The summed E-state index contributed by atoms with van der Waals surface area (Å²) in [6.45, 7) is 4.00. The topological polar surface area (TPSA) is 54.9 Å². The average Bonchev–Trinajstić information content (AvgIpc) is 2.88. The van der Waals surface area contributed by atoms with Gasteiger partial charge in [0, 0.05) is 27.9 Å². The van der Waals surface area contributed by atoms with E-state index in [2.05, 4.69) is 16.4 Å². The molecule has 0 saturated heterocycles. The molecule has 5 aromatic rings. The van der Waals surface area contributed by atoms with Gasteiger partial charge in [0.15, 0.2) is 0 Å². The van der Waals surface area contributed by atoms with Gasteiger partial charge >= 0.3 is 0 Å². The second-order valence-electron chi connectivity index (χ2n) is 8.95. The third-order valence-corrected chi connectivity index (χ3v) is 6.62. The van der Waals surface area contributed by atoms with E-state index in [9.17, 15) is 4.79 Å². The van der Waals surface area contributed by atoms with Gasteiger partial charge < -0.3 is 5.32 Å². The van der Waals surface area contributed by atoms with Crippen molar-refractivity contribution in [1.82, 2.24) is 15.3 Å². The predicted octanol–water partition coefficient (Wildman–Crippen LogP) is 7.02. The summed E-state index contributed by atoms with van der Waals surface area (Å²) in [5.74, 6) is -0.0480. The van der Waals surface area contributed by atoms with Crippen LogP contribution in [0.2, 0.25) is 5.02 Å². The third kappa shape index (κ3) is 5.14. The molecule has 3 aromatic carbocycles. The number of benzene rings is 3. The summed E-state index contributed by atoms with van der Waals surface area (Å²) in [6.07, 6.45) is 2.06. The number of nitrogens with zero attached hydrogens (tertiary/aromatic N) is 2. The molecule has 0 saturated carbocycles. The van der Waals surface area contributed by atoms with E-state index >= 15 is 0 Å². The molecule has 0 aliphatic rings. The Bertz CT molecular complexity index is 1550. The molecule has 0 bridgehead atoms. The van der Waals surface area contributed by atoms with Crippen LogP contribution in [0.3, 0.4) is 0 Å². The van der Waals surface area contributed by atoms with Crippen molar-refractivity contribution in [2.24, 2.45) is 0 Å². The molecular formula is C31H26ClN3O. The first-order valence-electron chi connectivity index (χ1n) is 11.9. The summed E-state index contributed by atoms with van der Waals surface area (Å²) in [6, 6.07) is 29.5. The van der Waals surface area contributed by atoms with E-state index in [1.54, 1.807) is 6.20 Å². The first-order chi connectivity index (χ1) is 17.5. The van der Waals surface area contributed by atoms with Crippen LogP contribution in [-0.4, -0.2) is 15.9 Å². The van der Waals surface area contributed by atoms with Gasteiger partial charge in [-0.3, -0.25) is 9.78 Å². The number of pyridine rings is 2. The minimum Gasteiger partial charge on any atom is -0.345 e. The zero-order valence-corrected chi connectivity index (χ0v) is 21.0. The predicted molar refractivity (Wildman–Crippen MR) is 146 cm³/mol. The Balaban J connectivity index is 1.38. The zero-order chi connectivity index (χ0) is 25.1. The van der Waals surface area contributed by atoms with Crippen LogP contribution in [0, 0.1) is 13.8 Å². The third-order valence-electron chi connectivity index (χ3n) is 6.38. The minimum absolute atomic E-state index is 0.0480. The van der Waals surface area contributed by atoms with Crippen LogP contribution in [0.4, 0.5) is 0 Å². The maximum absolute atomic E-state index is 13.2. The van der Waals surface area contributed by atoms with Crippen LogP contribution < -0.4 is 5.32 Å². The maximum atomic E-state index is 13.2. The number of hydrogen-bond donors (Lipinski definition) is 1. The van der Waals surface area contributed by atoms with Crippen molar-refractivity contribution in [3.05, 3.63) is 130 Å². The number of aryl methyl sites for hydroxylation is 2. The minimum atomic E-state index is -0.261. The first kappa shape index (κ1) is 23.7. The summed E-state index contributed by atoms with van der Waals surface area (Å²) in [5, 5.41) is 4.92. The first-order valence-corrected chi connectivity index (χ1v) is 12.3. The molecule has 178 valence electrons. The number of carbonyl (C=O) groups is 1. The van der Waals surface area contributed by atoms with Crippen molar-refractivity contribution >= 4 is 28.4 Å². The fourth-order valence-corrected chi connectivity index (χ4v) is 4.76. The Morgan fingerprint density at radius 2 is 1.75 bits per heavy atom. The van der Waals surface area contributed by atoms with Crippen molar-refractivity contribution < 1.29 is 4.79 Å². The van der Waals surface area contributed by atoms with Gasteiger partial charge in [0.2, 0.25) is 5.91 Å². The van der Waals surface area contributed by atoms with Crippen molar-refractivity contribution in [2.75, 3.05) is 0 Å². The highest BCUT2D eigenvalue weighted by Gasteiger charge is 2.19. The van der Waals surface area contributed by atoms with Crippen LogP contribution in [-0.2, 0) is 11.2 Å². The molecule has 5 heteroatoms. The van der Waals surface area contributed by atoms with Gasteiger partial charge in [0.1, 0.15) is 0 Å². The Morgan fingerprint density at radius 1 is 0.917 bits per heavy atom. The highest BCUT2D eigenvalue weighted by molar-refractivity contribution is 6.30. The van der Waals surface area contributed by atoms with Crippen molar-refractivity contribution in [1.29, 1.82) is 0 Å². The molecule has 1 amide bonds. The lowest BCUT2D eigenvalue weighted by molar-refractivity contribution is -0.120. The highest BCUT2D eigenvalue weighted by Crippen LogP contribution is 2.28. The SMILES string of the molecule is Cc1cc(Cl)ccc1C(NC(=O)Cc1ccc2nc(-c3cccnc3C)ccc2c1)c1ccccc1. The number of halogens is 1. The summed E-state index contributed by atoms with van der Waals surface area (Å²) in [5.41, 5.74) is 7.77. The standard InChI is InChI=1S/C31H26ClN3O/c1-20-17-25(32)12-13-26(20)31(23-7-4-3-5-8-23)35-30(36)19-22-10-14-28-24(18-22)11-15-29(34-28)27-9-6-16-33-21(27)2/h3-18,31H,19H2,1-2H3,(H,35,36). The van der Waals surface area contributed by atoms with Crippen molar-refractivity contribution in [3.63, 3.8) is 0 Å². The number of hydrogen-bond acceptors (Lipinski definition) is 3. The lowest BCUT2D eigenvalue weighted by Gasteiger charge is -2.22. The van der Waals surface area contributed by atoms with E-state index < -0.39 is 0 Å². The Kier molecular flexibility index (Phi) is 6.79. The fourth-order valence-electron chi connectivity index (χ4n) is 4.54. The zero-order valence-electron chi connectivity index (χ0n) is 20.2. The van der Waals surface area contributed by atoms with E-state index in [1.807, 2.05) is 98.8 Å². The summed E-state index contributed by atoms with van der Waals surface area (Å²) >= 11 is 6.19. The second kappa shape index (κ2) is 10.3. The Labute approximate surface area is 216 Å². The lowest BCUT2D eigenvalue weighted by atomic mass is 9.94. The summed E-state index contributed by atoms with van der Waals surface area (Å²) in [4.78, 5) is 22.4. The van der Waals surface area contributed by atoms with E-state index in [4.69, 9.17) is 16.6 Å². The number of rotatable bonds is 6. The lowest BCUT2D eigenvalue weighted by Crippen LogP contribution is -2.31. The molecule has 2 heterocycles. The van der Waals surface area contributed by atoms with Gasteiger partial charge in [-0.1, -0.05) is 60.1 Å².